The van der Waals surface area contributed by atoms with Gasteiger partial charge in [-0.2, -0.15) is 0 Å². The van der Waals surface area contributed by atoms with Crippen LogP contribution in [0.3, 0.4) is 0 Å². The summed E-state index contributed by atoms with van der Waals surface area (Å²) in [7, 11) is 0. The van der Waals surface area contributed by atoms with Gasteiger partial charge in [-0.15, -0.1) is 0 Å². The van der Waals surface area contributed by atoms with Crippen molar-refractivity contribution in [3.05, 3.63) is 34.9 Å². The van der Waals surface area contributed by atoms with Crippen molar-refractivity contribution in [3.8, 4) is 0 Å². The Bertz CT molecular complexity index is 928. The van der Waals surface area contributed by atoms with Crippen LogP contribution in [0, 0.1) is 19.8 Å². The molecule has 0 aliphatic carbocycles. The predicted molar refractivity (Wildman–Crippen MR) is 150 cm³/mol. The molecule has 37 heavy (non-hydrogen) atoms. The zero-order valence-corrected chi connectivity index (χ0v) is 25.2. The van der Waals surface area contributed by atoms with Crippen LogP contribution in [0.5, 0.6) is 0 Å². The van der Waals surface area contributed by atoms with Gasteiger partial charge in [0.2, 0.25) is 11.8 Å². The summed E-state index contributed by atoms with van der Waals surface area (Å²) in [4.78, 5) is 42.6. The summed E-state index contributed by atoms with van der Waals surface area (Å²) in [6.45, 7) is 23.2. The van der Waals surface area contributed by atoms with Gasteiger partial charge < -0.3 is 20.3 Å². The van der Waals surface area contributed by atoms with Crippen LogP contribution in [0.2, 0.25) is 0 Å². The minimum atomic E-state index is -0.859. The normalized spacial score (nSPS) is 14.5. The SMILES string of the molecule is CCCC(C)NC(=O)C(c1cccc(C)c1C)N(C(=O)C(CC(C)C)NC(=O)OC(C)(C)C)C(C)(C)C. The highest BCUT2D eigenvalue weighted by Gasteiger charge is 2.42. The van der Waals surface area contributed by atoms with E-state index in [-0.39, 0.29) is 23.8 Å². The molecule has 3 unspecified atom stereocenters. The van der Waals surface area contributed by atoms with E-state index in [9.17, 15) is 14.4 Å². The van der Waals surface area contributed by atoms with Crippen LogP contribution in [-0.2, 0) is 14.3 Å². The van der Waals surface area contributed by atoms with Crippen molar-refractivity contribution in [2.75, 3.05) is 0 Å². The molecule has 0 saturated carbocycles. The van der Waals surface area contributed by atoms with Gasteiger partial charge in [-0.25, -0.2) is 4.79 Å². The van der Waals surface area contributed by atoms with Crippen LogP contribution >= 0.6 is 0 Å². The van der Waals surface area contributed by atoms with E-state index in [1.807, 2.05) is 73.6 Å². The smallest absolute Gasteiger partial charge is 0.408 e. The Morgan fingerprint density at radius 2 is 1.57 bits per heavy atom. The summed E-state index contributed by atoms with van der Waals surface area (Å²) in [5, 5.41) is 5.95. The molecule has 0 aliphatic heterocycles. The third-order valence-corrected chi connectivity index (χ3v) is 6.21. The quantitative estimate of drug-likeness (QED) is 0.386. The molecule has 0 radical (unpaired) electrons. The van der Waals surface area contributed by atoms with Gasteiger partial charge in [0, 0.05) is 11.6 Å². The lowest BCUT2D eigenvalue weighted by Gasteiger charge is -2.44. The van der Waals surface area contributed by atoms with E-state index in [1.54, 1.807) is 25.7 Å². The third-order valence-electron chi connectivity index (χ3n) is 6.21. The summed E-state index contributed by atoms with van der Waals surface area (Å²) in [5.74, 6) is -0.405. The first-order valence-electron chi connectivity index (χ1n) is 13.6. The van der Waals surface area contributed by atoms with Gasteiger partial charge in [0.05, 0.1) is 0 Å². The van der Waals surface area contributed by atoms with Gasteiger partial charge in [0.1, 0.15) is 17.7 Å². The molecular weight excluding hydrogens is 466 g/mol. The number of carbonyl (C=O) groups is 3. The maximum absolute atomic E-state index is 14.3. The van der Waals surface area contributed by atoms with Gasteiger partial charge in [-0.05, 0) is 97.8 Å². The second kappa shape index (κ2) is 13.3. The van der Waals surface area contributed by atoms with Crippen LogP contribution in [-0.4, -0.2) is 46.0 Å². The molecule has 0 aliphatic rings. The van der Waals surface area contributed by atoms with E-state index < -0.39 is 29.3 Å². The first-order chi connectivity index (χ1) is 16.9. The number of benzene rings is 1. The van der Waals surface area contributed by atoms with Crippen LogP contribution in [0.4, 0.5) is 4.79 Å². The average Bonchev–Trinajstić information content (AvgIpc) is 2.70. The lowest BCUT2D eigenvalue weighted by molar-refractivity contribution is -0.149. The standard InChI is InChI=1S/C30H51N3O4/c1-13-15-21(5)31-26(34)25(23-17-14-16-20(4)22(23)6)33(29(7,8)9)27(35)24(18-19(2)3)32-28(36)37-30(10,11)12/h14,16-17,19,21,24-25H,13,15,18H2,1-12H3,(H,31,34)(H,32,36). The van der Waals surface area contributed by atoms with Crippen LogP contribution in [0.15, 0.2) is 18.2 Å². The second-order valence-electron chi connectivity index (χ2n) is 12.6. The van der Waals surface area contributed by atoms with Crippen molar-refractivity contribution in [1.29, 1.82) is 0 Å². The van der Waals surface area contributed by atoms with E-state index in [4.69, 9.17) is 4.74 Å². The first-order valence-corrected chi connectivity index (χ1v) is 13.6. The Kier molecular flexibility index (Phi) is 11.7. The molecule has 3 amide bonds. The number of carbonyl (C=O) groups excluding carboxylic acids is 3. The molecule has 7 heteroatoms. The second-order valence-corrected chi connectivity index (χ2v) is 12.6. The van der Waals surface area contributed by atoms with Crippen molar-refractivity contribution >= 4 is 17.9 Å². The number of alkyl carbamates (subject to hydrolysis) is 1. The van der Waals surface area contributed by atoms with Crippen molar-refractivity contribution in [1.82, 2.24) is 15.5 Å². The van der Waals surface area contributed by atoms with Gasteiger partial charge in [-0.3, -0.25) is 9.59 Å². The van der Waals surface area contributed by atoms with Crippen LogP contribution in [0.25, 0.3) is 0 Å². The molecule has 0 bridgehead atoms. The van der Waals surface area contributed by atoms with Gasteiger partial charge in [0.15, 0.2) is 0 Å². The van der Waals surface area contributed by atoms with Gasteiger partial charge in [-0.1, -0.05) is 45.4 Å². The summed E-state index contributed by atoms with van der Waals surface area (Å²) in [5.41, 5.74) is 1.38. The van der Waals surface area contributed by atoms with Crippen LogP contribution < -0.4 is 10.6 Å². The Morgan fingerprint density at radius 1 is 0.973 bits per heavy atom. The molecule has 210 valence electrons. The highest BCUT2D eigenvalue weighted by Crippen LogP contribution is 2.33. The fourth-order valence-corrected chi connectivity index (χ4v) is 4.45. The van der Waals surface area contributed by atoms with Crippen molar-refractivity contribution < 1.29 is 19.1 Å². The number of rotatable bonds is 10. The minimum absolute atomic E-state index is 0.0339. The molecule has 3 atom stereocenters. The largest absolute Gasteiger partial charge is 0.444 e. The Balaban J connectivity index is 3.66. The van der Waals surface area contributed by atoms with Crippen molar-refractivity contribution in [2.24, 2.45) is 5.92 Å². The summed E-state index contributed by atoms with van der Waals surface area (Å²) >= 11 is 0. The highest BCUT2D eigenvalue weighted by molar-refractivity contribution is 5.93. The Morgan fingerprint density at radius 3 is 2.05 bits per heavy atom. The predicted octanol–water partition coefficient (Wildman–Crippen LogP) is 6.22. The number of ether oxygens (including phenoxy) is 1. The van der Waals surface area contributed by atoms with Gasteiger partial charge >= 0.3 is 6.09 Å². The highest BCUT2D eigenvalue weighted by atomic mass is 16.6. The first kappa shape index (κ1) is 32.5. The van der Waals surface area contributed by atoms with E-state index in [0.29, 0.717) is 6.42 Å². The Hall–Kier alpha value is -2.57. The van der Waals surface area contributed by atoms with E-state index in [1.165, 1.54) is 0 Å². The summed E-state index contributed by atoms with van der Waals surface area (Å²) in [6.07, 6.45) is 1.54. The summed E-state index contributed by atoms with van der Waals surface area (Å²) in [6, 6.07) is 4.10. The van der Waals surface area contributed by atoms with Crippen LogP contribution in [0.1, 0.15) is 111 Å². The number of nitrogens with zero attached hydrogens (tertiary/aromatic N) is 1. The fraction of sp³-hybridized carbons (Fsp3) is 0.700. The molecule has 0 heterocycles. The maximum atomic E-state index is 14.3. The molecule has 7 nitrogen and oxygen atoms in total. The number of nitrogens with one attached hydrogen (secondary N) is 2. The topological polar surface area (TPSA) is 87.7 Å². The molecule has 0 saturated heterocycles. The number of amides is 3. The molecule has 1 aromatic rings. The number of hydrogen-bond acceptors (Lipinski definition) is 4. The van der Waals surface area contributed by atoms with E-state index >= 15 is 0 Å². The minimum Gasteiger partial charge on any atom is -0.444 e. The molecule has 0 aromatic heterocycles. The summed E-state index contributed by atoms with van der Waals surface area (Å²) < 4.78 is 5.47. The lowest BCUT2D eigenvalue weighted by atomic mass is 9.90. The zero-order valence-electron chi connectivity index (χ0n) is 25.2. The Labute approximate surface area is 225 Å². The molecular formula is C30H51N3O4. The number of hydrogen-bond donors (Lipinski definition) is 2. The maximum Gasteiger partial charge on any atom is 0.408 e. The fourth-order valence-electron chi connectivity index (χ4n) is 4.45. The lowest BCUT2D eigenvalue weighted by Crippen LogP contribution is -2.59. The van der Waals surface area contributed by atoms with E-state index in [0.717, 1.165) is 29.5 Å². The molecule has 0 spiro atoms. The third kappa shape index (κ3) is 10.0. The monoisotopic (exact) mass is 517 g/mol. The molecule has 0 fully saturated rings. The zero-order chi connectivity index (χ0) is 28.7. The average molecular weight is 518 g/mol. The van der Waals surface area contributed by atoms with Crippen molar-refractivity contribution in [3.63, 3.8) is 0 Å². The molecule has 2 N–H and O–H groups in total. The van der Waals surface area contributed by atoms with Gasteiger partial charge in [0.25, 0.3) is 0 Å². The van der Waals surface area contributed by atoms with Crippen molar-refractivity contribution in [2.45, 2.75) is 132 Å². The van der Waals surface area contributed by atoms with E-state index in [2.05, 4.69) is 17.6 Å². The number of aryl methyl sites for hydroxylation is 1. The molecule has 1 aromatic carbocycles. The molecule has 1 rings (SSSR count).